The van der Waals surface area contributed by atoms with Crippen LogP contribution >= 0.6 is 0 Å². The SMILES string of the molecule is Cc1cc(-n2c(C)nc3ncccc3c2=O)ccc1NC(=O)c1ccc(F)cc1F. The number of hydrogen-bond acceptors (Lipinski definition) is 4. The van der Waals surface area contributed by atoms with Crippen LogP contribution in [0.2, 0.25) is 0 Å². The molecule has 8 heteroatoms. The third kappa shape index (κ3) is 3.43. The maximum Gasteiger partial charge on any atom is 0.267 e. The molecule has 4 aromatic rings. The van der Waals surface area contributed by atoms with Gasteiger partial charge in [-0.1, -0.05) is 0 Å². The first kappa shape index (κ1) is 19.4. The van der Waals surface area contributed by atoms with Crippen molar-refractivity contribution in [2.45, 2.75) is 13.8 Å². The maximum absolute atomic E-state index is 13.9. The van der Waals surface area contributed by atoms with Crippen molar-refractivity contribution in [3.05, 3.63) is 93.7 Å². The third-order valence-corrected chi connectivity index (χ3v) is 4.70. The minimum Gasteiger partial charge on any atom is -0.322 e. The Morgan fingerprint density at radius 2 is 1.87 bits per heavy atom. The van der Waals surface area contributed by atoms with Crippen molar-refractivity contribution in [1.29, 1.82) is 0 Å². The highest BCUT2D eigenvalue weighted by Gasteiger charge is 2.15. The number of carbonyl (C=O) groups excluding carboxylic acids is 1. The first-order valence-electron chi connectivity index (χ1n) is 9.07. The summed E-state index contributed by atoms with van der Waals surface area (Å²) in [5, 5.41) is 3.00. The summed E-state index contributed by atoms with van der Waals surface area (Å²) in [6.07, 6.45) is 1.57. The number of anilines is 1. The third-order valence-electron chi connectivity index (χ3n) is 4.70. The lowest BCUT2D eigenvalue weighted by Gasteiger charge is -2.14. The van der Waals surface area contributed by atoms with E-state index in [0.29, 0.717) is 39.9 Å². The number of rotatable bonds is 3. The van der Waals surface area contributed by atoms with Crippen LogP contribution < -0.4 is 10.9 Å². The number of hydrogen-bond donors (Lipinski definition) is 1. The van der Waals surface area contributed by atoms with Crippen LogP contribution in [-0.4, -0.2) is 20.4 Å². The molecule has 2 aromatic heterocycles. The zero-order valence-electron chi connectivity index (χ0n) is 16.1. The van der Waals surface area contributed by atoms with Gasteiger partial charge < -0.3 is 5.32 Å². The van der Waals surface area contributed by atoms with Gasteiger partial charge in [0.2, 0.25) is 0 Å². The van der Waals surface area contributed by atoms with Gasteiger partial charge in [-0.2, -0.15) is 0 Å². The summed E-state index contributed by atoms with van der Waals surface area (Å²) in [7, 11) is 0. The fraction of sp³-hybridized carbons (Fsp3) is 0.0909. The quantitative estimate of drug-likeness (QED) is 0.559. The highest BCUT2D eigenvalue weighted by Crippen LogP contribution is 2.21. The van der Waals surface area contributed by atoms with E-state index in [0.717, 1.165) is 12.1 Å². The van der Waals surface area contributed by atoms with Crippen LogP contribution in [0.4, 0.5) is 14.5 Å². The van der Waals surface area contributed by atoms with E-state index >= 15 is 0 Å². The van der Waals surface area contributed by atoms with Crippen LogP contribution in [0.1, 0.15) is 21.7 Å². The molecule has 4 rings (SSSR count). The summed E-state index contributed by atoms with van der Waals surface area (Å²) in [5.41, 5.74) is 1.51. The van der Waals surface area contributed by atoms with Crippen LogP contribution in [-0.2, 0) is 0 Å². The van der Waals surface area contributed by atoms with Crippen molar-refractivity contribution in [1.82, 2.24) is 14.5 Å². The summed E-state index contributed by atoms with van der Waals surface area (Å²) < 4.78 is 28.4. The van der Waals surface area contributed by atoms with E-state index < -0.39 is 17.5 Å². The molecule has 0 saturated heterocycles. The molecule has 0 aliphatic carbocycles. The van der Waals surface area contributed by atoms with Gasteiger partial charge in [0.25, 0.3) is 11.5 Å². The zero-order valence-corrected chi connectivity index (χ0v) is 16.1. The molecule has 0 bridgehead atoms. The molecule has 1 amide bonds. The Balaban J connectivity index is 1.70. The van der Waals surface area contributed by atoms with Gasteiger partial charge >= 0.3 is 0 Å². The lowest BCUT2D eigenvalue weighted by molar-refractivity contribution is 0.102. The number of nitrogens with zero attached hydrogens (tertiary/aromatic N) is 3. The molecule has 0 aliphatic rings. The molecule has 30 heavy (non-hydrogen) atoms. The highest BCUT2D eigenvalue weighted by atomic mass is 19.1. The number of fused-ring (bicyclic) bond motifs is 1. The van der Waals surface area contributed by atoms with E-state index in [1.54, 1.807) is 50.4 Å². The van der Waals surface area contributed by atoms with E-state index in [9.17, 15) is 18.4 Å². The molecular formula is C22H16F2N4O2. The second-order valence-corrected chi connectivity index (χ2v) is 6.75. The molecule has 150 valence electrons. The van der Waals surface area contributed by atoms with Crippen LogP contribution in [0.3, 0.4) is 0 Å². The largest absolute Gasteiger partial charge is 0.322 e. The molecule has 0 atom stereocenters. The average Bonchev–Trinajstić information content (AvgIpc) is 2.70. The predicted molar refractivity (Wildman–Crippen MR) is 109 cm³/mol. The molecule has 1 N–H and O–H groups in total. The number of carbonyl (C=O) groups is 1. The normalized spacial score (nSPS) is 10.9. The molecular weight excluding hydrogens is 390 g/mol. The van der Waals surface area contributed by atoms with Gasteiger partial charge in [0, 0.05) is 18.0 Å². The summed E-state index contributed by atoms with van der Waals surface area (Å²) >= 11 is 0. The minimum absolute atomic E-state index is 0.254. The number of nitrogens with one attached hydrogen (secondary N) is 1. The standard InChI is InChI=1S/C22H16F2N4O2/c1-12-10-15(28-13(2)26-20-17(22(28)30)4-3-9-25-20)6-8-19(12)27-21(29)16-7-5-14(23)11-18(16)24/h3-11H,1-2H3,(H,27,29). The van der Waals surface area contributed by atoms with Crippen molar-refractivity contribution in [3.8, 4) is 5.69 Å². The summed E-state index contributed by atoms with van der Waals surface area (Å²) in [4.78, 5) is 33.8. The Bertz CT molecular complexity index is 1370. The summed E-state index contributed by atoms with van der Waals surface area (Å²) in [6.45, 7) is 3.45. The zero-order chi connectivity index (χ0) is 21.4. The Hall–Kier alpha value is -3.94. The maximum atomic E-state index is 13.9. The first-order chi connectivity index (χ1) is 14.3. The van der Waals surface area contributed by atoms with Crippen LogP contribution in [0.25, 0.3) is 16.7 Å². The van der Waals surface area contributed by atoms with Crippen molar-refractivity contribution in [3.63, 3.8) is 0 Å². The van der Waals surface area contributed by atoms with Crippen molar-refractivity contribution >= 4 is 22.6 Å². The molecule has 0 saturated carbocycles. The summed E-state index contributed by atoms with van der Waals surface area (Å²) in [5.74, 6) is -1.93. The number of halogens is 2. The molecule has 0 fully saturated rings. The van der Waals surface area contributed by atoms with E-state index in [-0.39, 0.29) is 11.1 Å². The lowest BCUT2D eigenvalue weighted by atomic mass is 10.1. The second-order valence-electron chi connectivity index (χ2n) is 6.75. The average molecular weight is 406 g/mol. The molecule has 0 aliphatic heterocycles. The number of aryl methyl sites for hydroxylation is 2. The van der Waals surface area contributed by atoms with Gasteiger partial charge in [0.1, 0.15) is 17.5 Å². The second kappa shape index (κ2) is 7.47. The Morgan fingerprint density at radius 3 is 2.60 bits per heavy atom. The highest BCUT2D eigenvalue weighted by molar-refractivity contribution is 6.04. The van der Waals surface area contributed by atoms with Gasteiger partial charge in [-0.25, -0.2) is 18.7 Å². The molecule has 0 radical (unpaired) electrons. The Morgan fingerprint density at radius 1 is 1.07 bits per heavy atom. The van der Waals surface area contributed by atoms with Gasteiger partial charge in [-0.05, 0) is 61.9 Å². The predicted octanol–water partition coefficient (Wildman–Crippen LogP) is 3.93. The smallest absolute Gasteiger partial charge is 0.267 e. The molecule has 2 heterocycles. The first-order valence-corrected chi connectivity index (χ1v) is 9.07. The lowest BCUT2D eigenvalue weighted by Crippen LogP contribution is -2.23. The number of amides is 1. The van der Waals surface area contributed by atoms with Crippen molar-refractivity contribution in [2.24, 2.45) is 0 Å². The number of aromatic nitrogens is 3. The fourth-order valence-electron chi connectivity index (χ4n) is 3.22. The molecule has 2 aromatic carbocycles. The molecule has 0 unspecified atom stereocenters. The van der Waals surface area contributed by atoms with E-state index in [2.05, 4.69) is 15.3 Å². The van der Waals surface area contributed by atoms with E-state index in [4.69, 9.17) is 0 Å². The van der Waals surface area contributed by atoms with Crippen molar-refractivity contribution in [2.75, 3.05) is 5.32 Å². The van der Waals surface area contributed by atoms with Gasteiger partial charge in [0.05, 0.1) is 16.6 Å². The van der Waals surface area contributed by atoms with E-state index in [1.165, 1.54) is 4.57 Å². The Labute approximate surface area is 169 Å². The number of pyridine rings is 1. The Kier molecular flexibility index (Phi) is 4.83. The van der Waals surface area contributed by atoms with Gasteiger partial charge in [-0.15, -0.1) is 0 Å². The van der Waals surface area contributed by atoms with Crippen LogP contribution in [0.15, 0.2) is 59.5 Å². The summed E-state index contributed by atoms with van der Waals surface area (Å²) in [6, 6.07) is 11.1. The molecule has 0 spiro atoms. The van der Waals surface area contributed by atoms with Gasteiger partial charge in [0.15, 0.2) is 5.65 Å². The van der Waals surface area contributed by atoms with E-state index in [1.807, 2.05) is 0 Å². The molecule has 6 nitrogen and oxygen atoms in total. The van der Waals surface area contributed by atoms with Gasteiger partial charge in [-0.3, -0.25) is 14.2 Å². The van der Waals surface area contributed by atoms with Crippen molar-refractivity contribution < 1.29 is 13.6 Å². The fourth-order valence-corrected chi connectivity index (χ4v) is 3.22. The number of benzene rings is 2. The minimum atomic E-state index is -0.945. The van der Waals surface area contributed by atoms with Crippen LogP contribution in [0.5, 0.6) is 0 Å². The monoisotopic (exact) mass is 406 g/mol. The topological polar surface area (TPSA) is 76.9 Å². The van der Waals surface area contributed by atoms with Crippen LogP contribution in [0, 0.1) is 25.5 Å².